The summed E-state index contributed by atoms with van der Waals surface area (Å²) in [4.78, 5) is 11.2. The summed E-state index contributed by atoms with van der Waals surface area (Å²) in [6, 6.07) is 2.34. The SMILES string of the molecule is CC.Cc1cc2c(cc1F)oc(=O)n2CC(F)F. The third-order valence-electron chi connectivity index (χ3n) is 2.27. The average Bonchev–Trinajstić information content (AvgIpc) is 2.59. The van der Waals surface area contributed by atoms with Crippen LogP contribution in [0.5, 0.6) is 0 Å². The van der Waals surface area contributed by atoms with Crippen molar-refractivity contribution in [2.24, 2.45) is 0 Å². The Morgan fingerprint density at radius 2 is 1.94 bits per heavy atom. The minimum absolute atomic E-state index is 0.0197. The maximum absolute atomic E-state index is 13.1. The average molecular weight is 261 g/mol. The number of oxazole rings is 1. The van der Waals surface area contributed by atoms with Crippen LogP contribution in [0.1, 0.15) is 19.4 Å². The lowest BCUT2D eigenvalue weighted by molar-refractivity contribution is 0.125. The number of aromatic nitrogens is 1. The highest BCUT2D eigenvalue weighted by Crippen LogP contribution is 2.18. The monoisotopic (exact) mass is 261 g/mol. The number of halogens is 3. The number of fused-ring (bicyclic) bond motifs is 1. The molecule has 0 fully saturated rings. The lowest BCUT2D eigenvalue weighted by atomic mass is 10.2. The molecule has 0 atom stereocenters. The van der Waals surface area contributed by atoms with E-state index in [0.717, 1.165) is 10.6 Å². The zero-order chi connectivity index (χ0) is 13.9. The molecule has 0 radical (unpaired) electrons. The number of benzene rings is 1. The minimum Gasteiger partial charge on any atom is -0.408 e. The van der Waals surface area contributed by atoms with Gasteiger partial charge in [-0.3, -0.25) is 4.57 Å². The van der Waals surface area contributed by atoms with Gasteiger partial charge in [-0.2, -0.15) is 0 Å². The van der Waals surface area contributed by atoms with E-state index in [1.165, 1.54) is 13.0 Å². The lowest BCUT2D eigenvalue weighted by Crippen LogP contribution is -2.18. The molecular weight excluding hydrogens is 247 g/mol. The van der Waals surface area contributed by atoms with Gasteiger partial charge in [0.2, 0.25) is 0 Å². The minimum atomic E-state index is -2.66. The van der Waals surface area contributed by atoms with Crippen molar-refractivity contribution in [2.45, 2.75) is 33.7 Å². The summed E-state index contributed by atoms with van der Waals surface area (Å²) in [6.07, 6.45) is -2.66. The van der Waals surface area contributed by atoms with E-state index in [-0.39, 0.29) is 16.7 Å². The molecule has 0 spiro atoms. The van der Waals surface area contributed by atoms with Crippen LogP contribution >= 0.6 is 0 Å². The van der Waals surface area contributed by atoms with Gasteiger partial charge in [0.15, 0.2) is 5.58 Å². The van der Waals surface area contributed by atoms with Crippen molar-refractivity contribution in [3.05, 3.63) is 34.1 Å². The van der Waals surface area contributed by atoms with Crippen molar-refractivity contribution in [3.8, 4) is 0 Å². The fraction of sp³-hybridized carbons (Fsp3) is 0.417. The van der Waals surface area contributed by atoms with Crippen molar-refractivity contribution >= 4 is 11.1 Å². The van der Waals surface area contributed by atoms with Gasteiger partial charge in [0, 0.05) is 6.07 Å². The number of alkyl halides is 2. The second kappa shape index (κ2) is 5.75. The van der Waals surface area contributed by atoms with Gasteiger partial charge in [0.25, 0.3) is 6.43 Å². The smallest absolute Gasteiger partial charge is 0.408 e. The summed E-state index contributed by atoms with van der Waals surface area (Å²) in [6.45, 7) is 4.73. The molecule has 0 saturated heterocycles. The van der Waals surface area contributed by atoms with E-state index in [1.54, 1.807) is 0 Å². The van der Waals surface area contributed by atoms with Gasteiger partial charge in [-0.05, 0) is 18.6 Å². The molecule has 0 bridgehead atoms. The van der Waals surface area contributed by atoms with E-state index < -0.39 is 24.5 Å². The standard InChI is InChI=1S/C10H8F3NO2.C2H6/c1-5-2-7-8(3-6(5)11)16-10(15)14(7)4-9(12)13;1-2/h2-3,9H,4H2,1H3;1-2H3. The maximum Gasteiger partial charge on any atom is 0.420 e. The van der Waals surface area contributed by atoms with Crippen LogP contribution in [-0.2, 0) is 6.54 Å². The first-order chi connectivity index (χ1) is 8.49. The highest BCUT2D eigenvalue weighted by molar-refractivity contribution is 5.74. The van der Waals surface area contributed by atoms with E-state index in [2.05, 4.69) is 4.42 Å². The Morgan fingerprint density at radius 1 is 1.33 bits per heavy atom. The van der Waals surface area contributed by atoms with Gasteiger partial charge in [-0.15, -0.1) is 0 Å². The van der Waals surface area contributed by atoms with Crippen LogP contribution in [0.4, 0.5) is 13.2 Å². The Balaban J connectivity index is 0.000000771. The number of hydrogen-bond acceptors (Lipinski definition) is 2. The first kappa shape index (κ1) is 14.3. The van der Waals surface area contributed by atoms with Crippen LogP contribution in [0.3, 0.4) is 0 Å². The molecule has 0 N–H and O–H groups in total. The van der Waals surface area contributed by atoms with E-state index >= 15 is 0 Å². The Hall–Kier alpha value is -1.72. The largest absolute Gasteiger partial charge is 0.420 e. The normalized spacial score (nSPS) is 10.6. The molecule has 2 aromatic rings. The van der Waals surface area contributed by atoms with Crippen molar-refractivity contribution < 1.29 is 17.6 Å². The number of nitrogens with zero attached hydrogens (tertiary/aromatic N) is 1. The maximum atomic E-state index is 13.1. The van der Waals surface area contributed by atoms with Crippen molar-refractivity contribution in [3.63, 3.8) is 0 Å². The van der Waals surface area contributed by atoms with Crippen molar-refractivity contribution in [1.29, 1.82) is 0 Å². The predicted molar refractivity (Wildman–Crippen MR) is 62.5 cm³/mol. The predicted octanol–water partition coefficient (Wildman–Crippen LogP) is 3.33. The second-order valence-electron chi connectivity index (χ2n) is 3.44. The third-order valence-corrected chi connectivity index (χ3v) is 2.27. The van der Waals surface area contributed by atoms with Crippen LogP contribution in [0.25, 0.3) is 11.1 Å². The molecular formula is C12H14F3NO2. The molecule has 2 rings (SSSR count). The first-order valence-corrected chi connectivity index (χ1v) is 5.56. The quantitative estimate of drug-likeness (QED) is 0.831. The fourth-order valence-electron chi connectivity index (χ4n) is 1.50. The molecule has 1 aromatic heterocycles. The lowest BCUT2D eigenvalue weighted by Gasteiger charge is -2.01. The Kier molecular flexibility index (Phi) is 4.58. The highest BCUT2D eigenvalue weighted by Gasteiger charge is 2.15. The molecule has 3 nitrogen and oxygen atoms in total. The highest BCUT2D eigenvalue weighted by atomic mass is 19.3. The van der Waals surface area contributed by atoms with E-state index in [4.69, 9.17) is 0 Å². The van der Waals surface area contributed by atoms with Gasteiger partial charge in [-0.25, -0.2) is 18.0 Å². The summed E-state index contributed by atoms with van der Waals surface area (Å²) in [7, 11) is 0. The number of rotatable bonds is 2. The molecule has 100 valence electrons. The summed E-state index contributed by atoms with van der Waals surface area (Å²) in [5, 5.41) is 0. The Labute approximate surface area is 102 Å². The molecule has 18 heavy (non-hydrogen) atoms. The van der Waals surface area contributed by atoms with E-state index in [1.807, 2.05) is 13.8 Å². The van der Waals surface area contributed by atoms with E-state index in [9.17, 15) is 18.0 Å². The topological polar surface area (TPSA) is 35.1 Å². The van der Waals surface area contributed by atoms with Crippen LogP contribution in [-0.4, -0.2) is 11.0 Å². The van der Waals surface area contributed by atoms with Crippen molar-refractivity contribution in [1.82, 2.24) is 4.57 Å². The van der Waals surface area contributed by atoms with Gasteiger partial charge in [0.05, 0.1) is 12.1 Å². The summed E-state index contributed by atoms with van der Waals surface area (Å²) in [5.74, 6) is -1.44. The van der Waals surface area contributed by atoms with Crippen LogP contribution in [0.15, 0.2) is 21.3 Å². The second-order valence-corrected chi connectivity index (χ2v) is 3.44. The van der Waals surface area contributed by atoms with Gasteiger partial charge >= 0.3 is 5.76 Å². The number of hydrogen-bond donors (Lipinski definition) is 0. The molecule has 0 aliphatic rings. The molecule has 0 amide bonds. The zero-order valence-electron chi connectivity index (χ0n) is 10.3. The molecule has 1 aromatic carbocycles. The van der Waals surface area contributed by atoms with Gasteiger partial charge in [-0.1, -0.05) is 13.8 Å². The van der Waals surface area contributed by atoms with Crippen LogP contribution in [0, 0.1) is 12.7 Å². The van der Waals surface area contributed by atoms with Gasteiger partial charge < -0.3 is 4.42 Å². The molecule has 1 heterocycles. The molecule has 0 aliphatic carbocycles. The number of aryl methyl sites for hydroxylation is 1. The zero-order valence-corrected chi connectivity index (χ0v) is 10.3. The van der Waals surface area contributed by atoms with E-state index in [0.29, 0.717) is 0 Å². The summed E-state index contributed by atoms with van der Waals surface area (Å²) in [5.41, 5.74) is 0.439. The Bertz CT molecular complexity index is 587. The first-order valence-electron chi connectivity index (χ1n) is 5.56. The van der Waals surface area contributed by atoms with Crippen LogP contribution < -0.4 is 5.76 Å². The Morgan fingerprint density at radius 3 is 2.50 bits per heavy atom. The fourth-order valence-corrected chi connectivity index (χ4v) is 1.50. The molecule has 0 aliphatic heterocycles. The van der Waals surface area contributed by atoms with Crippen LogP contribution in [0.2, 0.25) is 0 Å². The molecule has 0 saturated carbocycles. The molecule has 0 unspecified atom stereocenters. The summed E-state index contributed by atoms with van der Waals surface area (Å²) >= 11 is 0. The third kappa shape index (κ3) is 2.75. The van der Waals surface area contributed by atoms with Gasteiger partial charge in [0.1, 0.15) is 5.82 Å². The molecule has 6 heteroatoms. The summed E-state index contributed by atoms with van der Waals surface area (Å²) < 4.78 is 43.0. The van der Waals surface area contributed by atoms with Crippen molar-refractivity contribution in [2.75, 3.05) is 0 Å².